The molecule has 4 rings (SSSR count). The quantitative estimate of drug-likeness (QED) is 0.861. The van der Waals surface area contributed by atoms with Gasteiger partial charge in [-0.05, 0) is 44.7 Å². The van der Waals surface area contributed by atoms with E-state index in [4.69, 9.17) is 0 Å². The monoisotopic (exact) mass is 257 g/mol. The van der Waals surface area contributed by atoms with Gasteiger partial charge in [-0.3, -0.25) is 0 Å². The SMILES string of the molecule is c1cn2nccc2c(NC2CCNC3(CCC3)C2)n1. The van der Waals surface area contributed by atoms with E-state index in [2.05, 4.69) is 20.7 Å². The minimum absolute atomic E-state index is 0.418. The minimum Gasteiger partial charge on any atom is -0.365 e. The summed E-state index contributed by atoms with van der Waals surface area (Å²) in [4.78, 5) is 4.47. The molecule has 19 heavy (non-hydrogen) atoms. The van der Waals surface area contributed by atoms with Crippen molar-refractivity contribution < 1.29 is 0 Å². The van der Waals surface area contributed by atoms with Crippen LogP contribution in [-0.2, 0) is 0 Å². The van der Waals surface area contributed by atoms with Crippen LogP contribution in [0.4, 0.5) is 5.82 Å². The van der Waals surface area contributed by atoms with Crippen molar-refractivity contribution in [2.45, 2.75) is 43.7 Å². The zero-order valence-corrected chi connectivity index (χ0v) is 11.0. The van der Waals surface area contributed by atoms with Crippen LogP contribution < -0.4 is 10.6 Å². The van der Waals surface area contributed by atoms with E-state index in [-0.39, 0.29) is 0 Å². The number of nitrogens with one attached hydrogen (secondary N) is 2. The van der Waals surface area contributed by atoms with Crippen molar-refractivity contribution in [2.24, 2.45) is 0 Å². The van der Waals surface area contributed by atoms with E-state index >= 15 is 0 Å². The zero-order chi connectivity index (χ0) is 12.7. The van der Waals surface area contributed by atoms with Crippen LogP contribution in [0.1, 0.15) is 32.1 Å². The summed E-state index contributed by atoms with van der Waals surface area (Å²) in [6, 6.07) is 2.53. The van der Waals surface area contributed by atoms with Crippen LogP contribution in [-0.4, -0.2) is 32.7 Å². The van der Waals surface area contributed by atoms with Crippen LogP contribution in [0.5, 0.6) is 0 Å². The second kappa shape index (κ2) is 4.20. The highest BCUT2D eigenvalue weighted by molar-refractivity contribution is 5.67. The molecule has 2 aromatic heterocycles. The molecule has 1 aliphatic carbocycles. The first-order valence-electron chi connectivity index (χ1n) is 7.15. The average Bonchev–Trinajstić information content (AvgIpc) is 2.87. The summed E-state index contributed by atoms with van der Waals surface area (Å²) >= 11 is 0. The van der Waals surface area contributed by atoms with Gasteiger partial charge in [0.15, 0.2) is 5.82 Å². The summed E-state index contributed by atoms with van der Waals surface area (Å²) in [5, 5.41) is 11.6. The Morgan fingerprint density at radius 2 is 2.32 bits per heavy atom. The molecule has 0 aromatic carbocycles. The van der Waals surface area contributed by atoms with E-state index in [1.807, 2.05) is 29.2 Å². The van der Waals surface area contributed by atoms with Gasteiger partial charge in [-0.1, -0.05) is 0 Å². The topological polar surface area (TPSA) is 54.2 Å². The minimum atomic E-state index is 0.418. The maximum absolute atomic E-state index is 4.47. The molecule has 1 aliphatic heterocycles. The van der Waals surface area contributed by atoms with E-state index in [0.717, 1.165) is 17.9 Å². The number of rotatable bonds is 2. The lowest BCUT2D eigenvalue weighted by Gasteiger charge is -2.48. The second-order valence-electron chi connectivity index (χ2n) is 5.83. The highest BCUT2D eigenvalue weighted by Crippen LogP contribution is 2.39. The summed E-state index contributed by atoms with van der Waals surface area (Å²) in [5.74, 6) is 0.960. The van der Waals surface area contributed by atoms with Crippen molar-refractivity contribution in [1.29, 1.82) is 0 Å². The number of anilines is 1. The Kier molecular flexibility index (Phi) is 2.48. The number of hydrogen-bond acceptors (Lipinski definition) is 4. The lowest BCUT2D eigenvalue weighted by atomic mass is 9.70. The van der Waals surface area contributed by atoms with Crippen LogP contribution in [0, 0.1) is 0 Å². The van der Waals surface area contributed by atoms with Gasteiger partial charge in [0, 0.05) is 24.0 Å². The Balaban J connectivity index is 1.56. The number of hydrogen-bond donors (Lipinski definition) is 2. The van der Waals surface area contributed by atoms with Gasteiger partial charge < -0.3 is 10.6 Å². The third-order valence-electron chi connectivity index (χ3n) is 4.61. The van der Waals surface area contributed by atoms with Crippen molar-refractivity contribution in [3.05, 3.63) is 24.7 Å². The highest BCUT2D eigenvalue weighted by Gasteiger charge is 2.40. The Morgan fingerprint density at radius 1 is 1.37 bits per heavy atom. The van der Waals surface area contributed by atoms with E-state index in [1.165, 1.54) is 32.1 Å². The van der Waals surface area contributed by atoms with Crippen molar-refractivity contribution in [3.8, 4) is 0 Å². The van der Waals surface area contributed by atoms with Crippen molar-refractivity contribution >= 4 is 11.3 Å². The van der Waals surface area contributed by atoms with Crippen LogP contribution in [0.25, 0.3) is 5.52 Å². The molecule has 2 N–H and O–H groups in total. The van der Waals surface area contributed by atoms with Gasteiger partial charge in [0.2, 0.25) is 0 Å². The van der Waals surface area contributed by atoms with Gasteiger partial charge in [-0.25, -0.2) is 9.50 Å². The first-order valence-corrected chi connectivity index (χ1v) is 7.15. The molecule has 1 atom stereocenters. The normalized spacial score (nSPS) is 25.4. The van der Waals surface area contributed by atoms with Crippen molar-refractivity contribution in [2.75, 3.05) is 11.9 Å². The van der Waals surface area contributed by atoms with Crippen LogP contribution >= 0.6 is 0 Å². The van der Waals surface area contributed by atoms with Crippen molar-refractivity contribution in [1.82, 2.24) is 19.9 Å². The van der Waals surface area contributed by atoms with Crippen LogP contribution in [0.3, 0.4) is 0 Å². The van der Waals surface area contributed by atoms with Gasteiger partial charge in [0.05, 0.1) is 6.20 Å². The molecular weight excluding hydrogens is 238 g/mol. The molecule has 3 heterocycles. The first kappa shape index (κ1) is 11.2. The number of aromatic nitrogens is 3. The zero-order valence-electron chi connectivity index (χ0n) is 11.0. The third kappa shape index (κ3) is 1.89. The molecule has 1 saturated carbocycles. The van der Waals surface area contributed by atoms with Crippen LogP contribution in [0.2, 0.25) is 0 Å². The second-order valence-corrected chi connectivity index (χ2v) is 5.83. The molecule has 0 amide bonds. The summed E-state index contributed by atoms with van der Waals surface area (Å²) in [7, 11) is 0. The smallest absolute Gasteiger partial charge is 0.152 e. The fourth-order valence-electron chi connectivity index (χ4n) is 3.43. The lowest BCUT2D eigenvalue weighted by Crippen LogP contribution is -2.58. The van der Waals surface area contributed by atoms with Gasteiger partial charge in [-0.15, -0.1) is 0 Å². The van der Waals surface area contributed by atoms with Gasteiger partial charge in [0.25, 0.3) is 0 Å². The Hall–Kier alpha value is -1.62. The summed E-state index contributed by atoms with van der Waals surface area (Å²) in [5.41, 5.74) is 1.48. The lowest BCUT2D eigenvalue weighted by molar-refractivity contribution is 0.135. The van der Waals surface area contributed by atoms with E-state index in [9.17, 15) is 0 Å². The van der Waals surface area contributed by atoms with E-state index in [1.54, 1.807) is 0 Å². The van der Waals surface area contributed by atoms with Gasteiger partial charge >= 0.3 is 0 Å². The average molecular weight is 257 g/mol. The molecule has 5 nitrogen and oxygen atoms in total. The molecule has 2 fully saturated rings. The molecule has 2 aromatic rings. The summed E-state index contributed by atoms with van der Waals surface area (Å²) in [6.45, 7) is 1.11. The summed E-state index contributed by atoms with van der Waals surface area (Å²) < 4.78 is 1.87. The standard InChI is InChI=1S/C14H19N5/c1-4-14(5-1)10-11(2-6-16-14)18-13-12-3-7-17-19(12)9-8-15-13/h3,7-9,11,16H,1-2,4-6,10H2,(H,15,18). The molecule has 2 aliphatic rings. The molecule has 1 saturated heterocycles. The molecular formula is C14H19N5. The molecule has 0 bridgehead atoms. The first-order chi connectivity index (χ1) is 9.35. The maximum Gasteiger partial charge on any atom is 0.152 e. The van der Waals surface area contributed by atoms with E-state index < -0.39 is 0 Å². The number of piperidine rings is 1. The van der Waals surface area contributed by atoms with E-state index in [0.29, 0.717) is 11.6 Å². The summed E-state index contributed by atoms with van der Waals surface area (Å²) in [6.07, 6.45) is 11.9. The fourth-order valence-corrected chi connectivity index (χ4v) is 3.43. The predicted octanol–water partition coefficient (Wildman–Crippen LogP) is 1.82. The van der Waals surface area contributed by atoms with Crippen LogP contribution in [0.15, 0.2) is 24.7 Å². The molecule has 100 valence electrons. The Bertz CT molecular complexity index is 586. The van der Waals surface area contributed by atoms with Crippen molar-refractivity contribution in [3.63, 3.8) is 0 Å². The van der Waals surface area contributed by atoms with Gasteiger partial charge in [-0.2, -0.15) is 5.10 Å². The largest absolute Gasteiger partial charge is 0.365 e. The van der Waals surface area contributed by atoms with Gasteiger partial charge in [0.1, 0.15) is 5.52 Å². The molecule has 0 radical (unpaired) electrons. The number of fused-ring (bicyclic) bond motifs is 1. The molecule has 1 unspecified atom stereocenters. The number of nitrogens with zero attached hydrogens (tertiary/aromatic N) is 3. The predicted molar refractivity (Wildman–Crippen MR) is 74.2 cm³/mol. The maximum atomic E-state index is 4.47. The highest BCUT2D eigenvalue weighted by atomic mass is 15.2. The Labute approximate surface area is 112 Å². The fraction of sp³-hybridized carbons (Fsp3) is 0.571. The Morgan fingerprint density at radius 3 is 3.16 bits per heavy atom. The molecule has 5 heteroatoms. The molecule has 1 spiro atoms. The third-order valence-corrected chi connectivity index (χ3v) is 4.61.